The summed E-state index contributed by atoms with van der Waals surface area (Å²) in [7, 11) is 0. The number of rotatable bonds is 7. The smallest absolute Gasteiger partial charge is 0.338 e. The number of ether oxygens (including phenoxy) is 1. The van der Waals surface area contributed by atoms with Gasteiger partial charge in [-0.3, -0.25) is 9.59 Å². The van der Waals surface area contributed by atoms with Gasteiger partial charge in [0.15, 0.2) is 0 Å². The van der Waals surface area contributed by atoms with Gasteiger partial charge in [0.2, 0.25) is 0 Å². The third-order valence-corrected chi connectivity index (χ3v) is 6.87. The molecular formula is C28H26N2O4S. The molecule has 178 valence electrons. The van der Waals surface area contributed by atoms with Crippen molar-refractivity contribution in [3.8, 4) is 0 Å². The molecule has 0 aromatic heterocycles. The van der Waals surface area contributed by atoms with E-state index in [1.54, 1.807) is 31.2 Å². The number of nitrogens with zero attached hydrogens (tertiary/aromatic N) is 1. The molecule has 0 saturated carbocycles. The van der Waals surface area contributed by atoms with Crippen molar-refractivity contribution in [3.63, 3.8) is 0 Å². The van der Waals surface area contributed by atoms with Crippen LogP contribution < -0.4 is 10.2 Å². The fourth-order valence-corrected chi connectivity index (χ4v) is 4.58. The van der Waals surface area contributed by atoms with Crippen molar-refractivity contribution in [1.82, 2.24) is 0 Å². The Balaban J connectivity index is 1.71. The molecule has 6 nitrogen and oxygen atoms in total. The molecule has 1 heterocycles. The summed E-state index contributed by atoms with van der Waals surface area (Å²) in [5, 5.41) is 3.23. The number of hydrogen-bond acceptors (Lipinski definition) is 6. The minimum Gasteiger partial charge on any atom is -0.462 e. The Morgan fingerprint density at radius 1 is 0.914 bits per heavy atom. The summed E-state index contributed by atoms with van der Waals surface area (Å²) in [4.78, 5) is 41.4. The first-order chi connectivity index (χ1) is 16.8. The molecular weight excluding hydrogens is 460 g/mol. The normalized spacial score (nSPS) is 13.4. The van der Waals surface area contributed by atoms with Crippen LogP contribution in [0.1, 0.15) is 34.0 Å². The van der Waals surface area contributed by atoms with Gasteiger partial charge in [-0.25, -0.2) is 9.69 Å². The minimum atomic E-state index is -0.454. The molecule has 0 spiro atoms. The van der Waals surface area contributed by atoms with E-state index in [1.807, 2.05) is 63.2 Å². The van der Waals surface area contributed by atoms with Gasteiger partial charge in [0.25, 0.3) is 11.8 Å². The molecule has 3 aromatic rings. The number of nitrogens with one attached hydrogen (secondary N) is 1. The number of esters is 1. The standard InChI is InChI=1S/C28H26N2O4S/c1-5-34-28(33)20-11-13-21(14-12-20)30-26(31)24(29-23-8-6-7-18(3)19(23)4)25(27(30)32)35-22-15-9-17(2)10-16-22/h6-16,29H,5H2,1-4H3. The summed E-state index contributed by atoms with van der Waals surface area (Å²) in [5.74, 6) is -1.32. The summed E-state index contributed by atoms with van der Waals surface area (Å²) in [6, 6.07) is 19.8. The zero-order valence-corrected chi connectivity index (χ0v) is 20.9. The lowest BCUT2D eigenvalue weighted by Crippen LogP contribution is -2.32. The topological polar surface area (TPSA) is 75.7 Å². The van der Waals surface area contributed by atoms with E-state index >= 15 is 0 Å². The van der Waals surface area contributed by atoms with Gasteiger partial charge in [-0.05, 0) is 81.3 Å². The number of carbonyl (C=O) groups is 3. The van der Waals surface area contributed by atoms with Crippen molar-refractivity contribution in [2.45, 2.75) is 32.6 Å². The fraction of sp³-hybridized carbons (Fsp3) is 0.179. The largest absolute Gasteiger partial charge is 0.462 e. The number of carbonyl (C=O) groups excluding carboxylic acids is 3. The Labute approximate surface area is 209 Å². The molecule has 0 aliphatic carbocycles. The predicted molar refractivity (Wildman–Crippen MR) is 138 cm³/mol. The lowest BCUT2D eigenvalue weighted by atomic mass is 10.1. The maximum Gasteiger partial charge on any atom is 0.338 e. The second-order valence-electron chi connectivity index (χ2n) is 8.20. The number of amides is 2. The highest BCUT2D eigenvalue weighted by Crippen LogP contribution is 2.38. The van der Waals surface area contributed by atoms with Gasteiger partial charge in [0.05, 0.1) is 17.9 Å². The first kappa shape index (κ1) is 24.3. The molecule has 3 aromatic carbocycles. The van der Waals surface area contributed by atoms with Crippen LogP contribution in [-0.2, 0) is 14.3 Å². The average Bonchev–Trinajstić information content (AvgIpc) is 3.07. The van der Waals surface area contributed by atoms with E-state index in [0.717, 1.165) is 32.2 Å². The fourth-order valence-electron chi connectivity index (χ4n) is 3.66. The van der Waals surface area contributed by atoms with Crippen LogP contribution in [0.2, 0.25) is 0 Å². The second-order valence-corrected chi connectivity index (χ2v) is 9.29. The van der Waals surface area contributed by atoms with E-state index in [1.165, 1.54) is 11.8 Å². The predicted octanol–water partition coefficient (Wildman–Crippen LogP) is 5.78. The number of imide groups is 1. The molecule has 1 aliphatic rings. The number of anilines is 2. The summed E-state index contributed by atoms with van der Waals surface area (Å²) in [6.07, 6.45) is 0. The van der Waals surface area contributed by atoms with Crippen LogP contribution in [0.25, 0.3) is 0 Å². The van der Waals surface area contributed by atoms with Crippen LogP contribution in [0.4, 0.5) is 11.4 Å². The molecule has 0 fully saturated rings. The van der Waals surface area contributed by atoms with Gasteiger partial charge in [0, 0.05) is 10.6 Å². The van der Waals surface area contributed by atoms with Crippen molar-refractivity contribution in [2.24, 2.45) is 0 Å². The Morgan fingerprint density at radius 3 is 2.26 bits per heavy atom. The van der Waals surface area contributed by atoms with E-state index in [-0.39, 0.29) is 12.3 Å². The molecule has 1 aliphatic heterocycles. The Bertz CT molecular complexity index is 1330. The first-order valence-electron chi connectivity index (χ1n) is 11.3. The maximum absolute atomic E-state index is 13.6. The monoisotopic (exact) mass is 486 g/mol. The highest BCUT2D eigenvalue weighted by atomic mass is 32.2. The van der Waals surface area contributed by atoms with Gasteiger partial charge in [-0.1, -0.05) is 41.6 Å². The Morgan fingerprint density at radius 2 is 1.60 bits per heavy atom. The summed E-state index contributed by atoms with van der Waals surface area (Å²) in [5.41, 5.74) is 4.91. The van der Waals surface area contributed by atoms with Crippen molar-refractivity contribution >= 4 is 40.9 Å². The lowest BCUT2D eigenvalue weighted by Gasteiger charge is -2.16. The molecule has 0 bridgehead atoms. The zero-order valence-electron chi connectivity index (χ0n) is 20.0. The van der Waals surface area contributed by atoms with Crippen LogP contribution in [0.15, 0.2) is 82.2 Å². The molecule has 4 rings (SSSR count). The molecule has 7 heteroatoms. The van der Waals surface area contributed by atoms with Gasteiger partial charge in [-0.2, -0.15) is 0 Å². The van der Waals surface area contributed by atoms with Gasteiger partial charge in [0.1, 0.15) is 10.6 Å². The van der Waals surface area contributed by atoms with E-state index < -0.39 is 17.8 Å². The van der Waals surface area contributed by atoms with Crippen LogP contribution in [0.3, 0.4) is 0 Å². The van der Waals surface area contributed by atoms with E-state index in [9.17, 15) is 14.4 Å². The number of hydrogen-bond donors (Lipinski definition) is 1. The van der Waals surface area contributed by atoms with Gasteiger partial charge >= 0.3 is 5.97 Å². The molecule has 1 N–H and O–H groups in total. The van der Waals surface area contributed by atoms with E-state index in [2.05, 4.69) is 5.32 Å². The SMILES string of the molecule is CCOC(=O)c1ccc(N2C(=O)C(Nc3cccc(C)c3C)=C(Sc3ccc(C)cc3)C2=O)cc1. The molecule has 0 unspecified atom stereocenters. The third kappa shape index (κ3) is 5.00. The van der Waals surface area contributed by atoms with Gasteiger partial charge in [-0.15, -0.1) is 0 Å². The minimum absolute atomic E-state index is 0.226. The molecule has 35 heavy (non-hydrogen) atoms. The molecule has 0 atom stereocenters. The Kier molecular flexibility index (Phi) is 7.07. The maximum atomic E-state index is 13.6. The van der Waals surface area contributed by atoms with Crippen LogP contribution in [0.5, 0.6) is 0 Å². The van der Waals surface area contributed by atoms with Crippen LogP contribution in [0, 0.1) is 20.8 Å². The Hall–Kier alpha value is -3.84. The quantitative estimate of drug-likeness (QED) is 0.337. The van der Waals surface area contributed by atoms with Crippen LogP contribution >= 0.6 is 11.8 Å². The molecule has 2 amide bonds. The van der Waals surface area contributed by atoms with Crippen LogP contribution in [-0.4, -0.2) is 24.4 Å². The molecule has 0 saturated heterocycles. The van der Waals surface area contributed by atoms with Crippen molar-refractivity contribution in [1.29, 1.82) is 0 Å². The number of thioether (sulfide) groups is 1. The summed E-state index contributed by atoms with van der Waals surface area (Å²) in [6.45, 7) is 7.96. The van der Waals surface area contributed by atoms with Crippen molar-refractivity contribution in [3.05, 3.63) is 99.6 Å². The van der Waals surface area contributed by atoms with E-state index in [0.29, 0.717) is 16.2 Å². The molecule has 0 radical (unpaired) electrons. The van der Waals surface area contributed by atoms with Gasteiger partial charge < -0.3 is 10.1 Å². The summed E-state index contributed by atoms with van der Waals surface area (Å²) < 4.78 is 5.02. The highest BCUT2D eigenvalue weighted by Gasteiger charge is 2.40. The second kappa shape index (κ2) is 10.2. The lowest BCUT2D eigenvalue weighted by molar-refractivity contribution is -0.120. The average molecular weight is 487 g/mol. The third-order valence-electron chi connectivity index (χ3n) is 5.78. The zero-order chi connectivity index (χ0) is 25.1. The van der Waals surface area contributed by atoms with E-state index in [4.69, 9.17) is 4.74 Å². The number of aryl methyl sites for hydroxylation is 2. The van der Waals surface area contributed by atoms with Crippen molar-refractivity contribution in [2.75, 3.05) is 16.8 Å². The number of benzene rings is 3. The first-order valence-corrected chi connectivity index (χ1v) is 12.1. The summed E-state index contributed by atoms with van der Waals surface area (Å²) >= 11 is 1.25. The van der Waals surface area contributed by atoms with Crippen molar-refractivity contribution < 1.29 is 19.1 Å². The highest BCUT2D eigenvalue weighted by molar-refractivity contribution is 8.04.